The van der Waals surface area contributed by atoms with E-state index in [1.54, 1.807) is 12.1 Å². The molecule has 0 unspecified atom stereocenters. The Hall–Kier alpha value is -8.34. The standard InChI is InChI=1S/C52H33N5O2/c58-57(59)39-24-21-34(22-25-39)23-26-41-40-33-48(53-41)52(38-19-11-4-12-20-38)47-32-31-46(56-47)51(37-17-9-3-10-18-37)45-30-29-44(55-45)50(36-15-7-2-8-16-36)43-28-27-42(54-43)49(40)35-13-5-1-6-14-35/h1-22,24-25,27-33,54,56H. The van der Waals surface area contributed by atoms with Gasteiger partial charge in [0, 0.05) is 67.6 Å². The first kappa shape index (κ1) is 35.1. The van der Waals surface area contributed by atoms with Crippen molar-refractivity contribution in [3.05, 3.63) is 209 Å². The summed E-state index contributed by atoms with van der Waals surface area (Å²) in [4.78, 5) is 29.3. The van der Waals surface area contributed by atoms with Gasteiger partial charge in [0.05, 0.1) is 22.0 Å². The number of nitrogens with zero attached hydrogens (tertiary/aromatic N) is 3. The summed E-state index contributed by atoms with van der Waals surface area (Å²) in [6.07, 6.45) is 4.21. The second-order valence-electron chi connectivity index (χ2n) is 14.2. The van der Waals surface area contributed by atoms with Gasteiger partial charge >= 0.3 is 0 Å². The minimum Gasteiger partial charge on any atom is -0.354 e. The number of benzene rings is 5. The lowest BCUT2D eigenvalue weighted by atomic mass is 9.97. The molecule has 0 saturated heterocycles. The van der Waals surface area contributed by atoms with Gasteiger partial charge < -0.3 is 9.97 Å². The molecule has 10 rings (SSSR count). The normalized spacial score (nSPS) is 11.8. The van der Waals surface area contributed by atoms with Crippen molar-refractivity contribution in [2.75, 3.05) is 0 Å². The molecule has 59 heavy (non-hydrogen) atoms. The first-order valence-corrected chi connectivity index (χ1v) is 19.3. The van der Waals surface area contributed by atoms with Crippen LogP contribution in [0.3, 0.4) is 0 Å². The number of nitro benzene ring substituents is 1. The fourth-order valence-corrected chi connectivity index (χ4v) is 7.84. The summed E-state index contributed by atoms with van der Waals surface area (Å²) in [7, 11) is 0. The van der Waals surface area contributed by atoms with Crippen LogP contribution in [-0.4, -0.2) is 25.6 Å². The van der Waals surface area contributed by atoms with Gasteiger partial charge in [-0.25, -0.2) is 9.98 Å². The highest BCUT2D eigenvalue weighted by Crippen LogP contribution is 2.41. The van der Waals surface area contributed by atoms with Crippen molar-refractivity contribution < 1.29 is 4.92 Å². The fraction of sp³-hybridized carbons (Fsp3) is 0. The van der Waals surface area contributed by atoms with E-state index in [9.17, 15) is 10.1 Å². The highest BCUT2D eigenvalue weighted by molar-refractivity contribution is 6.22. The molecule has 278 valence electrons. The maximum absolute atomic E-state index is 11.4. The van der Waals surface area contributed by atoms with E-state index in [2.05, 4.69) is 113 Å². The zero-order chi connectivity index (χ0) is 39.7. The average molecular weight is 760 g/mol. The molecular weight excluding hydrogens is 727 g/mol. The predicted octanol–water partition coefficient (Wildman–Crippen LogP) is 12.8. The van der Waals surface area contributed by atoms with Crippen LogP contribution in [0.25, 0.3) is 78.7 Å². The molecular formula is C52H33N5O2. The van der Waals surface area contributed by atoms with Crippen LogP contribution in [0.15, 0.2) is 181 Å². The highest BCUT2D eigenvalue weighted by Gasteiger charge is 2.21. The first-order chi connectivity index (χ1) is 29.1. The molecule has 0 aliphatic carbocycles. The van der Waals surface area contributed by atoms with Gasteiger partial charge in [-0.1, -0.05) is 127 Å². The maximum Gasteiger partial charge on any atom is 0.269 e. The van der Waals surface area contributed by atoms with Crippen LogP contribution in [0.5, 0.6) is 0 Å². The van der Waals surface area contributed by atoms with Crippen LogP contribution >= 0.6 is 0 Å². The number of rotatable bonds is 5. The van der Waals surface area contributed by atoms with Gasteiger partial charge in [-0.15, -0.1) is 0 Å². The summed E-state index contributed by atoms with van der Waals surface area (Å²) < 4.78 is 0. The lowest BCUT2D eigenvalue weighted by Crippen LogP contribution is -1.97. The molecule has 5 aromatic carbocycles. The molecule has 0 atom stereocenters. The Morgan fingerprint density at radius 3 is 1.37 bits per heavy atom. The smallest absolute Gasteiger partial charge is 0.269 e. The third kappa shape index (κ3) is 6.71. The molecule has 5 heterocycles. The zero-order valence-corrected chi connectivity index (χ0v) is 31.6. The number of aromatic nitrogens is 3. The van der Waals surface area contributed by atoms with E-state index in [4.69, 9.17) is 9.98 Å². The summed E-state index contributed by atoms with van der Waals surface area (Å²) in [6, 6.07) is 58.1. The third-order valence-corrected chi connectivity index (χ3v) is 10.5. The molecule has 0 amide bonds. The lowest BCUT2D eigenvalue weighted by Gasteiger charge is -2.07. The largest absolute Gasteiger partial charge is 0.354 e. The van der Waals surface area contributed by atoms with Crippen LogP contribution in [-0.2, 0) is 0 Å². The predicted molar refractivity (Wildman–Crippen MR) is 240 cm³/mol. The van der Waals surface area contributed by atoms with Crippen molar-refractivity contribution in [2.45, 2.75) is 0 Å². The molecule has 8 bridgehead atoms. The highest BCUT2D eigenvalue weighted by atomic mass is 16.6. The van der Waals surface area contributed by atoms with Gasteiger partial charge in [0.1, 0.15) is 5.71 Å². The molecule has 2 aliphatic heterocycles. The Kier molecular flexibility index (Phi) is 8.90. The molecule has 3 aromatic heterocycles. The van der Waals surface area contributed by atoms with Crippen LogP contribution in [0.2, 0.25) is 0 Å². The van der Waals surface area contributed by atoms with Crippen LogP contribution < -0.4 is 0 Å². The Morgan fingerprint density at radius 2 is 0.898 bits per heavy atom. The van der Waals surface area contributed by atoms with Gasteiger partial charge in [0.15, 0.2) is 0 Å². The number of hydrogen-bond acceptors (Lipinski definition) is 4. The van der Waals surface area contributed by atoms with E-state index in [0.717, 1.165) is 89.2 Å². The molecule has 2 aliphatic rings. The van der Waals surface area contributed by atoms with E-state index in [1.165, 1.54) is 12.1 Å². The fourth-order valence-electron chi connectivity index (χ4n) is 7.84. The van der Waals surface area contributed by atoms with Crippen LogP contribution in [0, 0.1) is 22.0 Å². The minimum atomic E-state index is -0.409. The molecule has 0 saturated carbocycles. The molecule has 0 spiro atoms. The van der Waals surface area contributed by atoms with Crippen molar-refractivity contribution in [3.8, 4) is 56.3 Å². The molecule has 8 aromatic rings. The van der Waals surface area contributed by atoms with Gasteiger partial charge in [0.25, 0.3) is 5.69 Å². The topological polar surface area (TPSA) is 100.0 Å². The first-order valence-electron chi connectivity index (χ1n) is 19.3. The van der Waals surface area contributed by atoms with E-state index in [1.807, 2.05) is 72.8 Å². The maximum atomic E-state index is 11.4. The van der Waals surface area contributed by atoms with Gasteiger partial charge in [-0.3, -0.25) is 10.1 Å². The van der Waals surface area contributed by atoms with Crippen molar-refractivity contribution in [1.82, 2.24) is 15.0 Å². The summed E-state index contributed by atoms with van der Waals surface area (Å²) in [5, 5.41) is 11.4. The Labute approximate surface area is 339 Å². The van der Waals surface area contributed by atoms with Gasteiger partial charge in [-0.2, -0.15) is 0 Å². The molecule has 0 fully saturated rings. The van der Waals surface area contributed by atoms with Crippen molar-refractivity contribution in [1.29, 1.82) is 0 Å². The summed E-state index contributed by atoms with van der Waals surface area (Å²) in [5.41, 5.74) is 15.9. The quantitative estimate of drug-likeness (QED) is 0.104. The lowest BCUT2D eigenvalue weighted by molar-refractivity contribution is -0.384. The number of nitro groups is 1. The number of hydrogen-bond donors (Lipinski definition) is 2. The number of non-ortho nitro benzene ring substituents is 1. The second-order valence-corrected chi connectivity index (χ2v) is 14.2. The molecule has 7 nitrogen and oxygen atoms in total. The molecule has 7 heteroatoms. The molecule has 2 N–H and O–H groups in total. The Balaban J connectivity index is 1.37. The monoisotopic (exact) mass is 759 g/mol. The van der Waals surface area contributed by atoms with Crippen molar-refractivity contribution in [3.63, 3.8) is 0 Å². The third-order valence-electron chi connectivity index (χ3n) is 10.5. The Bertz CT molecular complexity index is 3210. The van der Waals surface area contributed by atoms with E-state index in [0.29, 0.717) is 11.3 Å². The SMILES string of the molecule is O=[N+]([O-])c1ccc(C#CC2=Nc3cc2c(-c2ccccc2)c2ccc([nH]2)c(-c2ccccc2)c2nc(c(-c4ccccc4)c4ccc([nH]4)c3-c3ccccc3)C=C2)cc1. The molecule has 0 radical (unpaired) electrons. The number of fused-ring (bicyclic) bond motifs is 8. The van der Waals surface area contributed by atoms with Gasteiger partial charge in [-0.05, 0) is 82.8 Å². The second kappa shape index (κ2) is 15.0. The number of nitrogens with one attached hydrogen (secondary N) is 2. The Morgan fingerprint density at radius 1 is 0.475 bits per heavy atom. The van der Waals surface area contributed by atoms with Crippen molar-refractivity contribution >= 4 is 51.3 Å². The van der Waals surface area contributed by atoms with E-state index < -0.39 is 4.92 Å². The minimum absolute atomic E-state index is 0.0102. The number of aromatic amines is 2. The summed E-state index contributed by atoms with van der Waals surface area (Å²) >= 11 is 0. The number of H-pyrrole nitrogens is 2. The van der Waals surface area contributed by atoms with E-state index in [-0.39, 0.29) is 5.69 Å². The summed E-state index contributed by atoms with van der Waals surface area (Å²) in [6.45, 7) is 0. The van der Waals surface area contributed by atoms with Crippen LogP contribution in [0.1, 0.15) is 22.5 Å². The van der Waals surface area contributed by atoms with Gasteiger partial charge in [0.2, 0.25) is 0 Å². The van der Waals surface area contributed by atoms with Crippen molar-refractivity contribution in [2.24, 2.45) is 4.99 Å². The summed E-state index contributed by atoms with van der Waals surface area (Å²) in [5.74, 6) is 6.66. The van der Waals surface area contributed by atoms with E-state index >= 15 is 0 Å². The zero-order valence-electron chi connectivity index (χ0n) is 31.6. The number of aliphatic imine (C=N–C) groups is 1. The average Bonchev–Trinajstić information content (AvgIpc) is 4.12. The van der Waals surface area contributed by atoms with Crippen LogP contribution in [0.4, 0.5) is 11.4 Å².